The van der Waals surface area contributed by atoms with E-state index in [4.69, 9.17) is 0 Å². The molecule has 156 valence electrons. The Morgan fingerprint density at radius 1 is 1.10 bits per heavy atom. The van der Waals surface area contributed by atoms with E-state index < -0.39 is 17.0 Å². The molecular formula is C24H20F2N4O. The minimum Gasteiger partial charge on any atom is -0.338 e. The maximum atomic E-state index is 14.1. The average Bonchev–Trinajstić information content (AvgIpc) is 2.82. The van der Waals surface area contributed by atoms with Crippen LogP contribution < -0.4 is 0 Å². The topological polar surface area (TPSA) is 69.9 Å². The molecule has 7 heteroatoms. The summed E-state index contributed by atoms with van der Waals surface area (Å²) < 4.78 is 27.7. The molecule has 0 unspecified atom stereocenters. The Kier molecular flexibility index (Phi) is 5.72. The van der Waals surface area contributed by atoms with Crippen LogP contribution in [0.5, 0.6) is 0 Å². The molecule has 3 aromatic rings. The van der Waals surface area contributed by atoms with E-state index in [0.717, 1.165) is 23.8 Å². The maximum Gasteiger partial charge on any atom is 0.256 e. The number of hydrogen-bond donors (Lipinski definition) is 0. The molecule has 0 bridgehead atoms. The van der Waals surface area contributed by atoms with Crippen LogP contribution in [-0.4, -0.2) is 33.9 Å². The third-order valence-electron chi connectivity index (χ3n) is 5.77. The predicted molar refractivity (Wildman–Crippen MR) is 111 cm³/mol. The zero-order valence-electron chi connectivity index (χ0n) is 16.8. The molecule has 3 heterocycles. The van der Waals surface area contributed by atoms with Gasteiger partial charge in [0.05, 0.1) is 22.7 Å². The smallest absolute Gasteiger partial charge is 0.256 e. The van der Waals surface area contributed by atoms with E-state index in [1.807, 2.05) is 0 Å². The highest BCUT2D eigenvalue weighted by atomic mass is 19.1. The molecule has 0 N–H and O–H groups in total. The van der Waals surface area contributed by atoms with E-state index >= 15 is 0 Å². The van der Waals surface area contributed by atoms with Gasteiger partial charge in [0.15, 0.2) is 0 Å². The van der Waals surface area contributed by atoms with Crippen molar-refractivity contribution in [1.82, 2.24) is 14.9 Å². The van der Waals surface area contributed by atoms with Crippen LogP contribution >= 0.6 is 0 Å². The van der Waals surface area contributed by atoms with Crippen LogP contribution in [0.1, 0.15) is 28.8 Å². The number of carbonyl (C=O) groups is 1. The number of nitriles is 1. The molecule has 0 spiro atoms. The van der Waals surface area contributed by atoms with E-state index in [9.17, 15) is 18.8 Å². The molecule has 1 amide bonds. The minimum absolute atomic E-state index is 0.115. The third kappa shape index (κ3) is 4.29. The van der Waals surface area contributed by atoms with Gasteiger partial charge in [-0.15, -0.1) is 0 Å². The number of rotatable bonds is 4. The number of pyridine rings is 2. The number of halogens is 2. The van der Waals surface area contributed by atoms with Crippen molar-refractivity contribution in [3.05, 3.63) is 83.8 Å². The van der Waals surface area contributed by atoms with Gasteiger partial charge in [0, 0.05) is 37.2 Å². The van der Waals surface area contributed by atoms with Crippen molar-refractivity contribution in [3.8, 4) is 17.3 Å². The van der Waals surface area contributed by atoms with Gasteiger partial charge in [0.2, 0.25) is 0 Å². The molecule has 0 aliphatic carbocycles. The molecule has 4 rings (SSSR count). The van der Waals surface area contributed by atoms with Crippen LogP contribution in [0.3, 0.4) is 0 Å². The van der Waals surface area contributed by atoms with Gasteiger partial charge in [0.1, 0.15) is 11.6 Å². The molecule has 2 aromatic heterocycles. The molecule has 0 saturated carbocycles. The summed E-state index contributed by atoms with van der Waals surface area (Å²) in [6, 6.07) is 12.6. The second-order valence-electron chi connectivity index (χ2n) is 7.73. The Morgan fingerprint density at radius 3 is 2.55 bits per heavy atom. The lowest BCUT2D eigenvalue weighted by atomic mass is 9.75. The quantitative estimate of drug-likeness (QED) is 0.629. The highest BCUT2D eigenvalue weighted by molar-refractivity contribution is 5.99. The summed E-state index contributed by atoms with van der Waals surface area (Å²) in [7, 11) is 0. The van der Waals surface area contributed by atoms with Crippen LogP contribution in [0.15, 0.2) is 61.1 Å². The summed E-state index contributed by atoms with van der Waals surface area (Å²) in [6.45, 7) is 0.710. The standard InChI is InChI=1S/C24H20F2N4O/c25-19-3-4-21(26)18(14-19)15-24(16-27)7-12-30(13-8-24)23(31)20-2-1-9-29-22(20)17-5-10-28-11-6-17/h1-6,9-11,14H,7-8,12-13,15H2. The molecule has 5 nitrogen and oxygen atoms in total. The molecular weight excluding hydrogens is 398 g/mol. The fraction of sp³-hybridized carbons (Fsp3) is 0.250. The van der Waals surface area contributed by atoms with Crippen LogP contribution in [-0.2, 0) is 6.42 Å². The fourth-order valence-corrected chi connectivity index (χ4v) is 4.00. The van der Waals surface area contributed by atoms with Crippen LogP contribution in [0.25, 0.3) is 11.3 Å². The van der Waals surface area contributed by atoms with Crippen LogP contribution in [0, 0.1) is 28.4 Å². The minimum atomic E-state index is -0.839. The summed E-state index contributed by atoms with van der Waals surface area (Å²) in [4.78, 5) is 23.3. The van der Waals surface area contributed by atoms with E-state index in [0.29, 0.717) is 37.2 Å². The predicted octanol–water partition coefficient (Wildman–Crippen LogP) is 4.41. The first-order valence-electron chi connectivity index (χ1n) is 10.0. The second-order valence-corrected chi connectivity index (χ2v) is 7.73. The van der Waals surface area contributed by atoms with Gasteiger partial charge in [0.25, 0.3) is 5.91 Å². The third-order valence-corrected chi connectivity index (χ3v) is 5.77. The SMILES string of the molecule is N#CC1(Cc2cc(F)ccc2F)CCN(C(=O)c2cccnc2-c2ccncc2)CC1. The number of amides is 1. The number of nitrogens with zero attached hydrogens (tertiary/aromatic N) is 4. The van der Waals surface area contributed by atoms with Gasteiger partial charge in [-0.05, 0) is 67.3 Å². The largest absolute Gasteiger partial charge is 0.338 e. The summed E-state index contributed by atoms with van der Waals surface area (Å²) in [6.07, 6.45) is 5.81. The van der Waals surface area contributed by atoms with Crippen molar-refractivity contribution < 1.29 is 13.6 Å². The number of carbonyl (C=O) groups excluding carboxylic acids is 1. The molecule has 1 aliphatic heterocycles. The van der Waals surface area contributed by atoms with Gasteiger partial charge in [-0.3, -0.25) is 14.8 Å². The lowest BCUT2D eigenvalue weighted by Gasteiger charge is -2.37. The van der Waals surface area contributed by atoms with Gasteiger partial charge < -0.3 is 4.90 Å². The van der Waals surface area contributed by atoms with Crippen molar-refractivity contribution in [2.24, 2.45) is 5.41 Å². The number of piperidine rings is 1. The van der Waals surface area contributed by atoms with Gasteiger partial charge in [-0.25, -0.2) is 8.78 Å². The first-order valence-corrected chi connectivity index (χ1v) is 10.0. The zero-order valence-corrected chi connectivity index (χ0v) is 16.8. The van der Waals surface area contributed by atoms with E-state index in [-0.39, 0.29) is 17.9 Å². The summed E-state index contributed by atoms with van der Waals surface area (Å²) in [5.74, 6) is -1.22. The Bertz CT molecular complexity index is 1140. The summed E-state index contributed by atoms with van der Waals surface area (Å²) >= 11 is 0. The zero-order chi connectivity index (χ0) is 21.8. The van der Waals surface area contributed by atoms with Crippen molar-refractivity contribution in [2.75, 3.05) is 13.1 Å². The maximum absolute atomic E-state index is 14.1. The van der Waals surface area contributed by atoms with Gasteiger partial charge >= 0.3 is 0 Å². The van der Waals surface area contributed by atoms with Crippen molar-refractivity contribution in [2.45, 2.75) is 19.3 Å². The lowest BCUT2D eigenvalue weighted by molar-refractivity contribution is 0.0647. The molecule has 1 aromatic carbocycles. The highest BCUT2D eigenvalue weighted by Crippen LogP contribution is 2.36. The monoisotopic (exact) mass is 418 g/mol. The number of hydrogen-bond acceptors (Lipinski definition) is 4. The number of likely N-dealkylation sites (tertiary alicyclic amines) is 1. The summed E-state index contributed by atoms with van der Waals surface area (Å²) in [5.41, 5.74) is 1.20. The molecule has 1 fully saturated rings. The van der Waals surface area contributed by atoms with E-state index in [2.05, 4.69) is 16.0 Å². The molecule has 0 atom stereocenters. The van der Waals surface area contributed by atoms with Crippen molar-refractivity contribution >= 4 is 5.91 Å². The average molecular weight is 418 g/mol. The summed E-state index contributed by atoms with van der Waals surface area (Å²) in [5, 5.41) is 9.81. The molecule has 0 radical (unpaired) electrons. The highest BCUT2D eigenvalue weighted by Gasteiger charge is 2.37. The number of benzene rings is 1. The molecule has 31 heavy (non-hydrogen) atoms. The van der Waals surface area contributed by atoms with Crippen LogP contribution in [0.4, 0.5) is 8.78 Å². The van der Waals surface area contributed by atoms with Crippen molar-refractivity contribution in [1.29, 1.82) is 5.26 Å². The fourth-order valence-electron chi connectivity index (χ4n) is 4.00. The van der Waals surface area contributed by atoms with E-state index in [1.165, 1.54) is 0 Å². The van der Waals surface area contributed by atoms with E-state index in [1.54, 1.807) is 47.8 Å². The molecule has 1 saturated heterocycles. The Morgan fingerprint density at radius 2 is 1.84 bits per heavy atom. The first kappa shape index (κ1) is 20.6. The molecule has 1 aliphatic rings. The Hall–Kier alpha value is -3.66. The lowest BCUT2D eigenvalue weighted by Crippen LogP contribution is -2.43. The van der Waals surface area contributed by atoms with Gasteiger partial charge in [-0.2, -0.15) is 5.26 Å². The normalized spacial score (nSPS) is 15.3. The van der Waals surface area contributed by atoms with Crippen molar-refractivity contribution in [3.63, 3.8) is 0 Å². The van der Waals surface area contributed by atoms with Crippen LogP contribution in [0.2, 0.25) is 0 Å². The Balaban J connectivity index is 1.52. The van der Waals surface area contributed by atoms with Gasteiger partial charge in [-0.1, -0.05) is 0 Å². The first-order chi connectivity index (χ1) is 15.0. The Labute approximate surface area is 179 Å². The number of aromatic nitrogens is 2. The second kappa shape index (κ2) is 8.60.